The highest BCUT2D eigenvalue weighted by Gasteiger charge is 2.23. The van der Waals surface area contributed by atoms with E-state index < -0.39 is 0 Å². The van der Waals surface area contributed by atoms with Gasteiger partial charge in [-0.15, -0.1) is 5.10 Å². The number of hydrogen-bond acceptors (Lipinski definition) is 6. The lowest BCUT2D eigenvalue weighted by Crippen LogP contribution is -2.35. The van der Waals surface area contributed by atoms with Gasteiger partial charge in [0.25, 0.3) is 5.91 Å². The first-order chi connectivity index (χ1) is 10.2. The summed E-state index contributed by atoms with van der Waals surface area (Å²) >= 11 is 0. The van der Waals surface area contributed by atoms with Crippen molar-refractivity contribution in [2.24, 2.45) is 0 Å². The van der Waals surface area contributed by atoms with Gasteiger partial charge in [-0.25, -0.2) is 0 Å². The van der Waals surface area contributed by atoms with Crippen molar-refractivity contribution in [1.29, 1.82) is 0 Å². The second-order valence-electron chi connectivity index (χ2n) is 5.05. The summed E-state index contributed by atoms with van der Waals surface area (Å²) < 4.78 is 5.05. The fourth-order valence-corrected chi connectivity index (χ4v) is 2.43. The van der Waals surface area contributed by atoms with Crippen LogP contribution in [0.5, 0.6) is 0 Å². The number of hydrogen-bond donors (Lipinski definition) is 0. The van der Waals surface area contributed by atoms with Gasteiger partial charge >= 0.3 is 0 Å². The fraction of sp³-hybridized carbons (Fsp3) is 0.429. The zero-order chi connectivity index (χ0) is 14.7. The van der Waals surface area contributed by atoms with Crippen LogP contribution in [0, 0.1) is 6.92 Å². The molecule has 0 radical (unpaired) electrons. The predicted molar refractivity (Wildman–Crippen MR) is 76.0 cm³/mol. The Kier molecular flexibility index (Phi) is 3.81. The van der Waals surface area contributed by atoms with Crippen molar-refractivity contribution in [3.63, 3.8) is 0 Å². The lowest BCUT2D eigenvalue weighted by Gasteiger charge is -2.21. The smallest absolute Gasteiger partial charge is 0.292 e. The molecule has 1 saturated heterocycles. The highest BCUT2D eigenvalue weighted by molar-refractivity contribution is 5.91. The molecule has 2 aromatic rings. The van der Waals surface area contributed by atoms with Gasteiger partial charge in [-0.2, -0.15) is 5.10 Å². The summed E-state index contributed by atoms with van der Waals surface area (Å²) in [5.41, 5.74) is 0.717. The molecule has 3 rings (SSSR count). The van der Waals surface area contributed by atoms with Gasteiger partial charge in [-0.05, 0) is 25.5 Å². The molecule has 1 amide bonds. The summed E-state index contributed by atoms with van der Waals surface area (Å²) in [5.74, 6) is 1.05. The van der Waals surface area contributed by atoms with Gasteiger partial charge in [-0.1, -0.05) is 5.16 Å². The Bertz CT molecular complexity index is 613. The maximum absolute atomic E-state index is 12.4. The van der Waals surface area contributed by atoms with Gasteiger partial charge in [0.2, 0.25) is 5.76 Å². The zero-order valence-corrected chi connectivity index (χ0v) is 11.9. The van der Waals surface area contributed by atoms with E-state index in [1.807, 2.05) is 12.1 Å². The Balaban J connectivity index is 1.67. The van der Waals surface area contributed by atoms with Gasteiger partial charge in [-0.3, -0.25) is 4.79 Å². The Hall–Kier alpha value is -2.44. The molecule has 0 aliphatic carbocycles. The third-order valence-electron chi connectivity index (χ3n) is 3.50. The topological polar surface area (TPSA) is 75.4 Å². The molecule has 0 unspecified atom stereocenters. The van der Waals surface area contributed by atoms with Crippen molar-refractivity contribution < 1.29 is 9.32 Å². The van der Waals surface area contributed by atoms with Crippen molar-refractivity contribution in [2.45, 2.75) is 13.3 Å². The van der Waals surface area contributed by atoms with E-state index in [1.54, 1.807) is 24.1 Å². The van der Waals surface area contributed by atoms with Gasteiger partial charge in [0.05, 0.1) is 5.69 Å². The molecule has 21 heavy (non-hydrogen) atoms. The van der Waals surface area contributed by atoms with Crippen molar-refractivity contribution >= 4 is 11.7 Å². The zero-order valence-electron chi connectivity index (χ0n) is 11.9. The molecular formula is C14H17N5O2. The molecule has 2 aromatic heterocycles. The second-order valence-corrected chi connectivity index (χ2v) is 5.05. The number of carbonyl (C=O) groups is 1. The van der Waals surface area contributed by atoms with Crippen LogP contribution in [0.4, 0.5) is 5.82 Å². The van der Waals surface area contributed by atoms with E-state index in [-0.39, 0.29) is 5.91 Å². The van der Waals surface area contributed by atoms with Crippen molar-refractivity contribution in [2.75, 3.05) is 31.1 Å². The lowest BCUT2D eigenvalue weighted by atomic mass is 10.3. The molecule has 1 aliphatic rings. The Morgan fingerprint density at radius 1 is 1.29 bits per heavy atom. The Morgan fingerprint density at radius 3 is 2.90 bits per heavy atom. The van der Waals surface area contributed by atoms with Crippen LogP contribution in [-0.2, 0) is 0 Å². The minimum Gasteiger partial charge on any atom is -0.353 e. The monoisotopic (exact) mass is 287 g/mol. The summed E-state index contributed by atoms with van der Waals surface area (Å²) in [6.07, 6.45) is 2.54. The van der Waals surface area contributed by atoms with Crippen LogP contribution in [-0.4, -0.2) is 52.3 Å². The summed E-state index contributed by atoms with van der Waals surface area (Å²) in [4.78, 5) is 16.3. The van der Waals surface area contributed by atoms with Gasteiger partial charge in [0, 0.05) is 38.4 Å². The molecule has 0 spiro atoms. The average molecular weight is 287 g/mol. The van der Waals surface area contributed by atoms with Crippen LogP contribution in [0.1, 0.15) is 22.7 Å². The standard InChI is InChI=1S/C14H17N5O2/c1-11-10-12(21-17-11)14(20)19-7-3-6-18(8-9-19)13-4-2-5-15-16-13/h2,4-5,10H,3,6-9H2,1H3. The maximum atomic E-state index is 12.4. The molecule has 1 fully saturated rings. The van der Waals surface area contributed by atoms with Crippen LogP contribution in [0.3, 0.4) is 0 Å². The number of aromatic nitrogens is 3. The third-order valence-corrected chi connectivity index (χ3v) is 3.50. The molecule has 0 atom stereocenters. The largest absolute Gasteiger partial charge is 0.353 e. The number of aryl methyl sites for hydroxylation is 1. The summed E-state index contributed by atoms with van der Waals surface area (Å²) in [5, 5.41) is 11.8. The number of rotatable bonds is 2. The summed E-state index contributed by atoms with van der Waals surface area (Å²) in [6.45, 7) is 4.73. The Morgan fingerprint density at radius 2 is 2.19 bits per heavy atom. The van der Waals surface area contributed by atoms with Crippen molar-refractivity contribution in [1.82, 2.24) is 20.3 Å². The molecule has 110 valence electrons. The van der Waals surface area contributed by atoms with E-state index in [0.29, 0.717) is 24.5 Å². The van der Waals surface area contributed by atoms with Crippen LogP contribution in [0.15, 0.2) is 28.9 Å². The van der Waals surface area contributed by atoms with E-state index in [9.17, 15) is 4.79 Å². The van der Waals surface area contributed by atoms with E-state index in [1.165, 1.54) is 0 Å². The number of anilines is 1. The molecule has 3 heterocycles. The van der Waals surface area contributed by atoms with Crippen LogP contribution < -0.4 is 4.90 Å². The van der Waals surface area contributed by atoms with Crippen LogP contribution >= 0.6 is 0 Å². The minimum atomic E-state index is -0.100. The third kappa shape index (κ3) is 3.01. The van der Waals surface area contributed by atoms with Gasteiger partial charge in [0.1, 0.15) is 0 Å². The first kappa shape index (κ1) is 13.5. The number of nitrogens with zero attached hydrogens (tertiary/aromatic N) is 5. The molecule has 0 bridgehead atoms. The molecule has 0 aromatic carbocycles. The molecule has 7 heteroatoms. The van der Waals surface area contributed by atoms with E-state index >= 15 is 0 Å². The predicted octanol–water partition coefficient (Wildman–Crippen LogP) is 1.13. The number of carbonyl (C=O) groups excluding carboxylic acids is 1. The quantitative estimate of drug-likeness (QED) is 0.824. The van der Waals surface area contributed by atoms with Gasteiger partial charge in [0.15, 0.2) is 5.82 Å². The average Bonchev–Trinajstić information content (AvgIpc) is 2.81. The molecule has 7 nitrogen and oxygen atoms in total. The van der Waals surface area contributed by atoms with Crippen LogP contribution in [0.2, 0.25) is 0 Å². The van der Waals surface area contributed by atoms with Gasteiger partial charge < -0.3 is 14.3 Å². The molecular weight excluding hydrogens is 270 g/mol. The van der Waals surface area contributed by atoms with Crippen molar-refractivity contribution in [3.05, 3.63) is 35.9 Å². The SMILES string of the molecule is Cc1cc(C(=O)N2CCCN(c3cccnn3)CC2)on1. The Labute approximate surface area is 122 Å². The maximum Gasteiger partial charge on any atom is 0.292 e. The highest BCUT2D eigenvalue weighted by atomic mass is 16.5. The summed E-state index contributed by atoms with van der Waals surface area (Å²) in [6, 6.07) is 5.48. The van der Waals surface area contributed by atoms with Crippen molar-refractivity contribution in [3.8, 4) is 0 Å². The summed E-state index contributed by atoms with van der Waals surface area (Å²) in [7, 11) is 0. The molecule has 0 N–H and O–H groups in total. The van der Waals surface area contributed by atoms with Crippen LogP contribution in [0.25, 0.3) is 0 Å². The van der Waals surface area contributed by atoms with E-state index in [0.717, 1.165) is 25.3 Å². The van der Waals surface area contributed by atoms with E-state index in [2.05, 4.69) is 20.3 Å². The normalized spacial score (nSPS) is 15.9. The first-order valence-electron chi connectivity index (χ1n) is 6.99. The highest BCUT2D eigenvalue weighted by Crippen LogP contribution is 2.14. The fourth-order valence-electron chi connectivity index (χ4n) is 2.43. The second kappa shape index (κ2) is 5.90. The minimum absolute atomic E-state index is 0.100. The molecule has 1 aliphatic heterocycles. The lowest BCUT2D eigenvalue weighted by molar-refractivity contribution is 0.0725. The first-order valence-corrected chi connectivity index (χ1v) is 6.99. The number of amides is 1. The molecule has 0 saturated carbocycles. The van der Waals surface area contributed by atoms with E-state index in [4.69, 9.17) is 4.52 Å².